The SMILES string of the molecule is CC1CC(F)(F)CN1C(=O)c1nc(C(=O)NCC(C)(C)O)sc1-c1cnc(NCC2(C(F)(F)F)CCC2)cc1C(F)F. The van der Waals surface area contributed by atoms with Crippen LogP contribution in [0.25, 0.3) is 10.4 Å². The molecule has 2 amide bonds. The summed E-state index contributed by atoms with van der Waals surface area (Å²) in [5.41, 5.74) is -4.86. The Labute approximate surface area is 240 Å². The van der Waals surface area contributed by atoms with Gasteiger partial charge in [0.2, 0.25) is 0 Å². The highest BCUT2D eigenvalue weighted by Crippen LogP contribution is 2.53. The minimum absolute atomic E-state index is 0.109. The lowest BCUT2D eigenvalue weighted by Gasteiger charge is -2.43. The number of likely N-dealkylation sites (tertiary alicyclic amines) is 1. The highest BCUT2D eigenvalue weighted by Gasteiger charge is 2.58. The number of thiazole rings is 1. The van der Waals surface area contributed by atoms with Crippen molar-refractivity contribution in [2.75, 3.05) is 25.0 Å². The third-order valence-electron chi connectivity index (χ3n) is 7.43. The molecule has 8 nitrogen and oxygen atoms in total. The molecule has 0 bridgehead atoms. The van der Waals surface area contributed by atoms with Gasteiger partial charge in [0, 0.05) is 42.9 Å². The van der Waals surface area contributed by atoms with Gasteiger partial charge in [-0.15, -0.1) is 11.3 Å². The minimum atomic E-state index is -4.49. The van der Waals surface area contributed by atoms with E-state index in [1.165, 1.54) is 20.8 Å². The first kappa shape index (κ1) is 31.9. The van der Waals surface area contributed by atoms with E-state index in [2.05, 4.69) is 20.6 Å². The Hall–Kier alpha value is -3.01. The molecule has 1 aliphatic carbocycles. The van der Waals surface area contributed by atoms with Gasteiger partial charge >= 0.3 is 6.18 Å². The molecule has 1 unspecified atom stereocenters. The van der Waals surface area contributed by atoms with Crippen LogP contribution >= 0.6 is 11.3 Å². The molecular weight excluding hydrogens is 595 g/mol. The summed E-state index contributed by atoms with van der Waals surface area (Å²) in [6.45, 7) is 2.51. The van der Waals surface area contributed by atoms with Crippen molar-refractivity contribution in [2.45, 2.75) is 76.6 Å². The van der Waals surface area contributed by atoms with E-state index in [4.69, 9.17) is 0 Å². The number of rotatable bonds is 9. The first-order valence-corrected chi connectivity index (χ1v) is 13.9. The van der Waals surface area contributed by atoms with Crippen molar-refractivity contribution < 1.29 is 45.4 Å². The fourth-order valence-corrected chi connectivity index (χ4v) is 5.90. The third-order valence-corrected chi connectivity index (χ3v) is 8.52. The van der Waals surface area contributed by atoms with Gasteiger partial charge in [0.25, 0.3) is 24.2 Å². The molecule has 2 aromatic heterocycles. The molecule has 1 atom stereocenters. The normalized spacial score (nSPS) is 20.0. The summed E-state index contributed by atoms with van der Waals surface area (Å²) in [6, 6.07) is -0.0570. The number of anilines is 1. The van der Waals surface area contributed by atoms with Crippen LogP contribution in [0.1, 0.15) is 78.7 Å². The number of aliphatic hydroxyl groups is 1. The van der Waals surface area contributed by atoms with Crippen molar-refractivity contribution in [3.05, 3.63) is 28.5 Å². The van der Waals surface area contributed by atoms with Crippen LogP contribution < -0.4 is 10.6 Å². The second-order valence-electron chi connectivity index (χ2n) is 11.5. The number of pyridine rings is 1. The molecule has 0 radical (unpaired) electrons. The molecule has 2 aromatic rings. The molecule has 2 aliphatic rings. The molecule has 0 aromatic carbocycles. The Bertz CT molecular complexity index is 1340. The molecule has 16 heteroatoms. The number of carbonyl (C=O) groups is 2. The van der Waals surface area contributed by atoms with Gasteiger partial charge in [-0.05, 0) is 39.7 Å². The van der Waals surface area contributed by atoms with Crippen LogP contribution in [0.3, 0.4) is 0 Å². The van der Waals surface area contributed by atoms with Crippen molar-refractivity contribution in [1.29, 1.82) is 0 Å². The van der Waals surface area contributed by atoms with Crippen LogP contribution in [0.15, 0.2) is 12.3 Å². The molecule has 1 aliphatic heterocycles. The van der Waals surface area contributed by atoms with Gasteiger partial charge in [0.05, 0.1) is 22.4 Å². The lowest BCUT2D eigenvalue weighted by atomic mass is 9.68. The second kappa shape index (κ2) is 11.2. The monoisotopic (exact) mass is 625 g/mol. The lowest BCUT2D eigenvalue weighted by Crippen LogP contribution is -2.48. The van der Waals surface area contributed by atoms with E-state index in [1.54, 1.807) is 0 Å². The van der Waals surface area contributed by atoms with Gasteiger partial charge in [0.1, 0.15) is 11.5 Å². The zero-order valence-electron chi connectivity index (χ0n) is 22.9. The van der Waals surface area contributed by atoms with Crippen molar-refractivity contribution in [1.82, 2.24) is 20.2 Å². The quantitative estimate of drug-likeness (QED) is 0.311. The fourth-order valence-electron chi connectivity index (χ4n) is 4.90. The second-order valence-corrected chi connectivity index (χ2v) is 12.5. The van der Waals surface area contributed by atoms with Crippen molar-refractivity contribution in [3.8, 4) is 10.4 Å². The number of nitrogens with zero attached hydrogens (tertiary/aromatic N) is 3. The summed E-state index contributed by atoms with van der Waals surface area (Å²) in [5, 5.41) is 14.5. The summed E-state index contributed by atoms with van der Waals surface area (Å²) >= 11 is 0.548. The number of hydrogen-bond donors (Lipinski definition) is 3. The van der Waals surface area contributed by atoms with Gasteiger partial charge in [0.15, 0.2) is 5.01 Å². The third kappa shape index (κ3) is 6.63. The Morgan fingerprint density at radius 2 is 1.90 bits per heavy atom. The summed E-state index contributed by atoms with van der Waals surface area (Å²) in [4.78, 5) is 34.8. The zero-order chi connectivity index (χ0) is 31.3. The highest BCUT2D eigenvalue weighted by molar-refractivity contribution is 7.17. The predicted molar refractivity (Wildman–Crippen MR) is 140 cm³/mol. The van der Waals surface area contributed by atoms with Crippen LogP contribution in [0, 0.1) is 5.41 Å². The molecular formula is C26H30F7N5O3S. The van der Waals surface area contributed by atoms with Crippen LogP contribution in [-0.4, -0.2) is 75.2 Å². The number of halogens is 7. The topological polar surface area (TPSA) is 107 Å². The lowest BCUT2D eigenvalue weighted by molar-refractivity contribution is -0.244. The molecule has 232 valence electrons. The van der Waals surface area contributed by atoms with E-state index in [0.717, 1.165) is 17.2 Å². The number of hydrogen-bond acceptors (Lipinski definition) is 7. The van der Waals surface area contributed by atoms with Crippen LogP contribution in [0.2, 0.25) is 0 Å². The number of nitrogens with one attached hydrogen (secondary N) is 2. The van der Waals surface area contributed by atoms with Crippen LogP contribution in [0.5, 0.6) is 0 Å². The van der Waals surface area contributed by atoms with Crippen LogP contribution in [-0.2, 0) is 0 Å². The maximum absolute atomic E-state index is 14.3. The van der Waals surface area contributed by atoms with E-state index >= 15 is 0 Å². The maximum atomic E-state index is 14.3. The van der Waals surface area contributed by atoms with Gasteiger partial charge in [-0.3, -0.25) is 9.59 Å². The molecule has 3 N–H and O–H groups in total. The molecule has 3 heterocycles. The van der Waals surface area contributed by atoms with Gasteiger partial charge in [-0.2, -0.15) is 13.2 Å². The van der Waals surface area contributed by atoms with E-state index in [-0.39, 0.29) is 40.7 Å². The number of aromatic nitrogens is 2. The Morgan fingerprint density at radius 1 is 1.24 bits per heavy atom. The smallest absolute Gasteiger partial charge is 0.389 e. The van der Waals surface area contributed by atoms with Gasteiger partial charge in [-0.1, -0.05) is 6.42 Å². The maximum Gasteiger partial charge on any atom is 0.396 e. The molecule has 4 rings (SSSR count). The van der Waals surface area contributed by atoms with Crippen molar-refractivity contribution in [3.63, 3.8) is 0 Å². The Balaban J connectivity index is 1.72. The Kier molecular flexibility index (Phi) is 8.54. The van der Waals surface area contributed by atoms with E-state index in [0.29, 0.717) is 17.8 Å². The predicted octanol–water partition coefficient (Wildman–Crippen LogP) is 5.66. The fraction of sp³-hybridized carbons (Fsp3) is 0.615. The van der Waals surface area contributed by atoms with Crippen molar-refractivity contribution >= 4 is 29.0 Å². The molecule has 2 fully saturated rings. The van der Waals surface area contributed by atoms with Crippen LogP contribution in [0.4, 0.5) is 36.6 Å². The minimum Gasteiger partial charge on any atom is -0.389 e. The number of alkyl halides is 7. The average molecular weight is 626 g/mol. The zero-order valence-corrected chi connectivity index (χ0v) is 23.7. The number of amides is 2. The average Bonchev–Trinajstić information content (AvgIpc) is 3.40. The van der Waals surface area contributed by atoms with E-state index in [1.807, 2.05) is 0 Å². The molecule has 42 heavy (non-hydrogen) atoms. The molecule has 1 saturated carbocycles. The van der Waals surface area contributed by atoms with Gasteiger partial charge < -0.3 is 20.6 Å². The first-order valence-electron chi connectivity index (χ1n) is 13.1. The van der Waals surface area contributed by atoms with E-state index in [9.17, 15) is 45.4 Å². The molecule has 1 saturated heterocycles. The van der Waals surface area contributed by atoms with Gasteiger partial charge in [-0.25, -0.2) is 27.5 Å². The first-order chi connectivity index (χ1) is 19.3. The summed E-state index contributed by atoms with van der Waals surface area (Å²) in [7, 11) is 0. The van der Waals surface area contributed by atoms with Crippen molar-refractivity contribution in [2.24, 2.45) is 5.41 Å². The highest BCUT2D eigenvalue weighted by atomic mass is 32.1. The Morgan fingerprint density at radius 3 is 2.40 bits per heavy atom. The summed E-state index contributed by atoms with van der Waals surface area (Å²) < 4.78 is 97.4. The largest absolute Gasteiger partial charge is 0.396 e. The summed E-state index contributed by atoms with van der Waals surface area (Å²) in [6.07, 6.45) is -7.21. The number of carbonyl (C=O) groups excluding carboxylic acids is 2. The standard InChI is InChI=1S/C26H30F7N5O3S/c1-13-8-25(29,30)12-38(13)22(40)17-18(42-21(37-17)20(39)36-10-23(2,3)41)15-9-34-16(7-14(15)19(27)28)35-11-24(5-4-6-24)26(31,32)33/h7,9,13,19,41H,4-6,8,10-12H2,1-3H3,(H,34,35)(H,36,39). The summed E-state index contributed by atoms with van der Waals surface area (Å²) in [5.74, 6) is -5.29. The van der Waals surface area contributed by atoms with E-state index < -0.39 is 78.2 Å². The molecule has 0 spiro atoms.